The van der Waals surface area contributed by atoms with Crippen molar-refractivity contribution in [2.75, 3.05) is 17.7 Å². The summed E-state index contributed by atoms with van der Waals surface area (Å²) in [7, 11) is 1.79. The van der Waals surface area contributed by atoms with Crippen molar-refractivity contribution in [2.45, 2.75) is 13.3 Å². The first-order valence-electron chi connectivity index (χ1n) is 6.55. The highest BCUT2D eigenvalue weighted by molar-refractivity contribution is 5.89. The normalized spacial score (nSPS) is 10.7. The Labute approximate surface area is 116 Å². The number of hydrogen-bond acceptors (Lipinski definition) is 5. The molecule has 0 aliphatic rings. The van der Waals surface area contributed by atoms with Crippen molar-refractivity contribution < 1.29 is 0 Å². The number of para-hydroxylation sites is 1. The Morgan fingerprint density at radius 3 is 2.85 bits per heavy atom. The summed E-state index contributed by atoms with van der Waals surface area (Å²) in [6.45, 7) is 2.13. The molecule has 3 aromatic rings. The molecule has 2 heterocycles. The molecule has 0 amide bonds. The number of aromatic amines is 1. The van der Waals surface area contributed by atoms with Gasteiger partial charge in [-0.15, -0.1) is 0 Å². The van der Waals surface area contributed by atoms with Gasteiger partial charge in [0.05, 0.1) is 11.6 Å². The summed E-state index contributed by atoms with van der Waals surface area (Å²) in [6, 6.07) is 8.20. The van der Waals surface area contributed by atoms with E-state index in [1.54, 1.807) is 13.2 Å². The number of benzene rings is 1. The van der Waals surface area contributed by atoms with Gasteiger partial charge >= 0.3 is 0 Å². The van der Waals surface area contributed by atoms with Crippen molar-refractivity contribution in [1.82, 2.24) is 20.2 Å². The fourth-order valence-corrected chi connectivity index (χ4v) is 2.12. The minimum Gasteiger partial charge on any atom is -0.357 e. The van der Waals surface area contributed by atoms with Crippen molar-refractivity contribution in [1.29, 1.82) is 0 Å². The van der Waals surface area contributed by atoms with Crippen LogP contribution in [-0.2, 0) is 6.42 Å². The summed E-state index contributed by atoms with van der Waals surface area (Å²) in [5, 5.41) is 14.1. The van der Waals surface area contributed by atoms with E-state index in [9.17, 15) is 0 Å². The predicted molar refractivity (Wildman–Crippen MR) is 80.3 cm³/mol. The van der Waals surface area contributed by atoms with Gasteiger partial charge in [-0.1, -0.05) is 25.1 Å². The van der Waals surface area contributed by atoms with Gasteiger partial charge in [-0.2, -0.15) is 15.1 Å². The van der Waals surface area contributed by atoms with Crippen LogP contribution >= 0.6 is 0 Å². The Bertz CT molecular complexity index is 733. The Balaban J connectivity index is 2.07. The lowest BCUT2D eigenvalue weighted by atomic mass is 10.1. The van der Waals surface area contributed by atoms with Gasteiger partial charge in [0.25, 0.3) is 0 Å². The molecule has 2 aromatic heterocycles. The number of nitrogens with one attached hydrogen (secondary N) is 3. The van der Waals surface area contributed by atoms with Crippen LogP contribution in [0.15, 0.2) is 30.5 Å². The van der Waals surface area contributed by atoms with E-state index in [4.69, 9.17) is 0 Å². The number of fused-ring (bicyclic) bond motifs is 1. The molecule has 0 saturated carbocycles. The van der Waals surface area contributed by atoms with Gasteiger partial charge in [-0.25, -0.2) is 0 Å². The van der Waals surface area contributed by atoms with Crippen LogP contribution in [0.5, 0.6) is 0 Å². The zero-order chi connectivity index (χ0) is 13.9. The van der Waals surface area contributed by atoms with E-state index < -0.39 is 0 Å². The zero-order valence-corrected chi connectivity index (χ0v) is 11.4. The molecule has 6 nitrogen and oxygen atoms in total. The summed E-state index contributed by atoms with van der Waals surface area (Å²) in [5.74, 6) is 1.30. The number of H-pyrrole nitrogens is 1. The van der Waals surface area contributed by atoms with Gasteiger partial charge < -0.3 is 10.6 Å². The number of rotatable bonds is 4. The Kier molecular flexibility index (Phi) is 3.20. The Morgan fingerprint density at radius 2 is 2.05 bits per heavy atom. The molecular formula is C14H16N6. The number of aryl methyl sites for hydroxylation is 1. The third kappa shape index (κ3) is 2.16. The second-order valence-corrected chi connectivity index (χ2v) is 4.41. The summed E-state index contributed by atoms with van der Waals surface area (Å²) >= 11 is 0. The van der Waals surface area contributed by atoms with Gasteiger partial charge in [0.15, 0.2) is 5.65 Å². The third-order valence-corrected chi connectivity index (χ3v) is 3.18. The molecule has 102 valence electrons. The SMILES string of the molecule is CCc1ccccc1Nc1nc(NC)nc2[nH]ncc12. The van der Waals surface area contributed by atoms with Gasteiger partial charge in [-0.3, -0.25) is 5.10 Å². The van der Waals surface area contributed by atoms with Gasteiger partial charge in [0, 0.05) is 12.7 Å². The number of nitrogens with zero attached hydrogens (tertiary/aromatic N) is 3. The van der Waals surface area contributed by atoms with Crippen LogP contribution in [0.3, 0.4) is 0 Å². The maximum Gasteiger partial charge on any atom is 0.226 e. The maximum absolute atomic E-state index is 4.47. The van der Waals surface area contributed by atoms with Crippen LogP contribution in [0.4, 0.5) is 17.5 Å². The summed E-state index contributed by atoms with van der Waals surface area (Å²) < 4.78 is 0. The van der Waals surface area contributed by atoms with Crippen molar-refractivity contribution in [3.63, 3.8) is 0 Å². The molecule has 0 spiro atoms. The lowest BCUT2D eigenvalue weighted by molar-refractivity contribution is 1.09. The van der Waals surface area contributed by atoms with Gasteiger partial charge in [-0.05, 0) is 18.1 Å². The number of aromatic nitrogens is 4. The Hall–Kier alpha value is -2.63. The van der Waals surface area contributed by atoms with Crippen LogP contribution in [0.1, 0.15) is 12.5 Å². The molecular weight excluding hydrogens is 252 g/mol. The fourth-order valence-electron chi connectivity index (χ4n) is 2.12. The first-order chi connectivity index (χ1) is 9.81. The highest BCUT2D eigenvalue weighted by Gasteiger charge is 2.10. The van der Waals surface area contributed by atoms with E-state index in [1.807, 2.05) is 18.2 Å². The standard InChI is InChI=1S/C14H16N6/c1-3-9-6-4-5-7-11(9)17-12-10-8-16-20-13(10)19-14(15-2)18-12/h4-8H,3H2,1-2H3,(H3,15,16,17,18,19,20). The molecule has 0 atom stereocenters. The molecule has 6 heteroatoms. The zero-order valence-electron chi connectivity index (χ0n) is 11.4. The van der Waals surface area contributed by atoms with Gasteiger partial charge in [0.2, 0.25) is 5.95 Å². The van der Waals surface area contributed by atoms with Crippen molar-refractivity contribution >= 4 is 28.5 Å². The van der Waals surface area contributed by atoms with E-state index in [2.05, 4.69) is 43.8 Å². The minimum absolute atomic E-state index is 0.554. The van der Waals surface area contributed by atoms with Crippen LogP contribution in [-0.4, -0.2) is 27.2 Å². The first-order valence-corrected chi connectivity index (χ1v) is 6.55. The second-order valence-electron chi connectivity index (χ2n) is 4.41. The highest BCUT2D eigenvalue weighted by Crippen LogP contribution is 2.25. The molecule has 0 aliphatic heterocycles. The molecule has 1 aromatic carbocycles. The molecule has 0 fully saturated rings. The molecule has 20 heavy (non-hydrogen) atoms. The fraction of sp³-hybridized carbons (Fsp3) is 0.214. The third-order valence-electron chi connectivity index (χ3n) is 3.18. The molecule has 0 radical (unpaired) electrons. The average Bonchev–Trinajstić information content (AvgIpc) is 2.96. The maximum atomic E-state index is 4.47. The molecule has 3 N–H and O–H groups in total. The summed E-state index contributed by atoms with van der Waals surface area (Å²) in [5.41, 5.74) is 3.01. The van der Waals surface area contributed by atoms with E-state index in [-0.39, 0.29) is 0 Å². The molecule has 0 saturated heterocycles. The van der Waals surface area contributed by atoms with Crippen molar-refractivity contribution in [2.24, 2.45) is 0 Å². The molecule has 3 rings (SSSR count). The second kappa shape index (κ2) is 5.16. The summed E-state index contributed by atoms with van der Waals surface area (Å²) in [4.78, 5) is 8.79. The highest BCUT2D eigenvalue weighted by atomic mass is 15.2. The van der Waals surface area contributed by atoms with Crippen LogP contribution in [0, 0.1) is 0 Å². The Morgan fingerprint density at radius 1 is 1.20 bits per heavy atom. The van der Waals surface area contributed by atoms with E-state index >= 15 is 0 Å². The van der Waals surface area contributed by atoms with E-state index in [0.717, 1.165) is 23.3 Å². The molecule has 0 unspecified atom stereocenters. The quantitative estimate of drug-likeness (QED) is 0.678. The number of hydrogen-bond donors (Lipinski definition) is 3. The first kappa shape index (κ1) is 12.4. The lowest BCUT2D eigenvalue weighted by Gasteiger charge is -2.11. The molecule has 0 bridgehead atoms. The topological polar surface area (TPSA) is 78.5 Å². The van der Waals surface area contributed by atoms with E-state index in [1.165, 1.54) is 5.56 Å². The van der Waals surface area contributed by atoms with Gasteiger partial charge in [0.1, 0.15) is 5.82 Å². The summed E-state index contributed by atoms with van der Waals surface area (Å²) in [6.07, 6.45) is 2.69. The number of anilines is 3. The average molecular weight is 268 g/mol. The van der Waals surface area contributed by atoms with Crippen LogP contribution in [0.2, 0.25) is 0 Å². The largest absolute Gasteiger partial charge is 0.357 e. The monoisotopic (exact) mass is 268 g/mol. The van der Waals surface area contributed by atoms with Crippen LogP contribution in [0.25, 0.3) is 11.0 Å². The minimum atomic E-state index is 0.554. The predicted octanol–water partition coefficient (Wildman–Crippen LogP) is 2.70. The molecule has 0 aliphatic carbocycles. The van der Waals surface area contributed by atoms with E-state index in [0.29, 0.717) is 11.6 Å². The van der Waals surface area contributed by atoms with Crippen molar-refractivity contribution in [3.8, 4) is 0 Å². The van der Waals surface area contributed by atoms with Crippen molar-refractivity contribution in [3.05, 3.63) is 36.0 Å². The lowest BCUT2D eigenvalue weighted by Crippen LogP contribution is -2.02. The van der Waals surface area contributed by atoms with Crippen LogP contribution < -0.4 is 10.6 Å². The smallest absolute Gasteiger partial charge is 0.226 e.